The summed E-state index contributed by atoms with van der Waals surface area (Å²) in [7, 11) is 0. The van der Waals surface area contributed by atoms with Crippen LogP contribution in [0.3, 0.4) is 0 Å². The van der Waals surface area contributed by atoms with Gasteiger partial charge in [-0.05, 0) is 44.4 Å². The molecule has 1 saturated carbocycles. The molecule has 0 unspecified atom stereocenters. The van der Waals surface area contributed by atoms with Crippen LogP contribution in [0.4, 0.5) is 17.3 Å². The van der Waals surface area contributed by atoms with E-state index in [1.807, 2.05) is 17.0 Å². The fraction of sp³-hybridized carbons (Fsp3) is 0.516. The van der Waals surface area contributed by atoms with Crippen molar-refractivity contribution in [2.75, 3.05) is 49.5 Å². The van der Waals surface area contributed by atoms with E-state index in [9.17, 15) is 14.4 Å². The number of Topliss-reactive ketones (excluding diaryl/α,β-unsaturated/α-hetero) is 1. The first-order valence-electron chi connectivity index (χ1n) is 15.0. The molecule has 1 N–H and O–H groups in total. The number of benzene rings is 1. The average molecular weight is 572 g/mol. The van der Waals surface area contributed by atoms with E-state index in [1.165, 1.54) is 6.92 Å². The molecule has 1 amide bonds. The minimum absolute atomic E-state index is 0.0318. The molecule has 0 spiro atoms. The van der Waals surface area contributed by atoms with Crippen molar-refractivity contribution in [2.45, 2.75) is 64.6 Å². The van der Waals surface area contributed by atoms with Gasteiger partial charge in [-0.3, -0.25) is 23.9 Å². The predicted molar refractivity (Wildman–Crippen MR) is 160 cm³/mol. The maximum absolute atomic E-state index is 13.5. The van der Waals surface area contributed by atoms with E-state index in [1.54, 1.807) is 24.6 Å². The molecule has 1 atom stereocenters. The Labute approximate surface area is 244 Å². The maximum Gasteiger partial charge on any atom is 0.263 e. The lowest BCUT2D eigenvalue weighted by atomic mass is 10.0. The van der Waals surface area contributed by atoms with Crippen LogP contribution in [0.1, 0.15) is 61.5 Å². The van der Waals surface area contributed by atoms with Crippen molar-refractivity contribution >= 4 is 40.0 Å². The van der Waals surface area contributed by atoms with Gasteiger partial charge in [-0.2, -0.15) is 4.98 Å². The quantitative estimate of drug-likeness (QED) is 0.461. The monoisotopic (exact) mass is 571 g/mol. The molecule has 11 nitrogen and oxygen atoms in total. The number of carbonyl (C=O) groups excluding carboxylic acids is 2. The number of ether oxygens (including phenoxy) is 1. The number of likely N-dealkylation sites (tertiary alicyclic amines) is 1. The van der Waals surface area contributed by atoms with Crippen LogP contribution in [0.25, 0.3) is 11.0 Å². The summed E-state index contributed by atoms with van der Waals surface area (Å²) >= 11 is 0. The number of rotatable bonds is 5. The second-order valence-electron chi connectivity index (χ2n) is 12.1. The molecule has 4 aliphatic rings. The molecule has 0 radical (unpaired) electrons. The van der Waals surface area contributed by atoms with Crippen molar-refractivity contribution in [2.24, 2.45) is 0 Å². The van der Waals surface area contributed by atoms with Gasteiger partial charge in [0.2, 0.25) is 11.9 Å². The molecule has 3 aliphatic heterocycles. The highest BCUT2D eigenvalue weighted by molar-refractivity contribution is 5.99. The summed E-state index contributed by atoms with van der Waals surface area (Å²) in [5, 5.41) is 4.05. The van der Waals surface area contributed by atoms with E-state index in [-0.39, 0.29) is 34.9 Å². The number of nitrogens with one attached hydrogen (secondary N) is 1. The normalized spacial score (nSPS) is 21.1. The average Bonchev–Trinajstić information content (AvgIpc) is 3.46. The number of pyridine rings is 1. The fourth-order valence-corrected chi connectivity index (χ4v) is 7.18. The summed E-state index contributed by atoms with van der Waals surface area (Å²) in [4.78, 5) is 53.7. The van der Waals surface area contributed by atoms with E-state index >= 15 is 0 Å². The standard InChI is InChI=1S/C31H37N7O4/c1-18-25-13-32-31(34-29(25)38(22-6-4-5-7-22)30(41)28(18)19(2)39)33-21-8-9-26-27(12-21)42-17-24-16-35(10-11-37(24)26)23-14-36(15-23)20(3)40/h8-9,12-13,22-24H,4-7,10-11,14-17H2,1-3H3,(H,32,33,34)/t24-/m0/s1. The molecule has 5 heterocycles. The van der Waals surface area contributed by atoms with Crippen molar-refractivity contribution in [3.05, 3.63) is 45.9 Å². The molecule has 2 saturated heterocycles. The Morgan fingerprint density at radius 2 is 1.81 bits per heavy atom. The van der Waals surface area contributed by atoms with Crippen molar-refractivity contribution in [1.29, 1.82) is 0 Å². The molecule has 220 valence electrons. The zero-order chi connectivity index (χ0) is 29.1. The van der Waals surface area contributed by atoms with E-state index in [4.69, 9.17) is 9.72 Å². The molecule has 3 fully saturated rings. The molecule has 7 rings (SSSR count). The number of hydrogen-bond donors (Lipinski definition) is 1. The predicted octanol–water partition coefficient (Wildman–Crippen LogP) is 3.27. The van der Waals surface area contributed by atoms with E-state index in [0.717, 1.165) is 80.9 Å². The minimum Gasteiger partial charge on any atom is -0.489 e. The molecule has 2 aromatic heterocycles. The summed E-state index contributed by atoms with van der Waals surface area (Å²) in [6, 6.07) is 6.82. The Balaban J connectivity index is 1.12. The third-order valence-corrected chi connectivity index (χ3v) is 9.55. The molecule has 1 aromatic carbocycles. The lowest BCUT2D eigenvalue weighted by Crippen LogP contribution is -2.67. The van der Waals surface area contributed by atoms with Crippen molar-refractivity contribution < 1.29 is 14.3 Å². The van der Waals surface area contributed by atoms with Crippen molar-refractivity contribution in [1.82, 2.24) is 24.3 Å². The number of aromatic nitrogens is 3. The van der Waals surface area contributed by atoms with Crippen LogP contribution in [-0.4, -0.2) is 87.4 Å². The van der Waals surface area contributed by atoms with Gasteiger partial charge in [0.15, 0.2) is 5.78 Å². The highest BCUT2D eigenvalue weighted by Crippen LogP contribution is 2.38. The number of fused-ring (bicyclic) bond motifs is 4. The zero-order valence-electron chi connectivity index (χ0n) is 24.4. The fourth-order valence-electron chi connectivity index (χ4n) is 7.18. The molecule has 1 aliphatic carbocycles. The summed E-state index contributed by atoms with van der Waals surface area (Å²) in [5.74, 6) is 1.14. The van der Waals surface area contributed by atoms with Crippen LogP contribution < -0.4 is 20.5 Å². The Bertz CT molecular complexity index is 1640. The van der Waals surface area contributed by atoms with Crippen LogP contribution in [0, 0.1) is 6.92 Å². The molecule has 0 bridgehead atoms. The van der Waals surface area contributed by atoms with Gasteiger partial charge >= 0.3 is 0 Å². The Morgan fingerprint density at radius 1 is 1.02 bits per heavy atom. The van der Waals surface area contributed by atoms with Crippen LogP contribution in [-0.2, 0) is 4.79 Å². The lowest BCUT2D eigenvalue weighted by molar-refractivity contribution is -0.136. The number of hydrogen-bond acceptors (Lipinski definition) is 9. The summed E-state index contributed by atoms with van der Waals surface area (Å²) in [6.45, 7) is 9.93. The summed E-state index contributed by atoms with van der Waals surface area (Å²) in [6.07, 6.45) is 5.63. The second kappa shape index (κ2) is 10.4. The molecule has 3 aromatic rings. The number of carbonyl (C=O) groups is 2. The van der Waals surface area contributed by atoms with Crippen LogP contribution in [0.5, 0.6) is 5.75 Å². The Morgan fingerprint density at radius 3 is 2.55 bits per heavy atom. The van der Waals surface area contributed by atoms with Gasteiger partial charge in [0, 0.05) is 75.1 Å². The Hall–Kier alpha value is -3.99. The largest absolute Gasteiger partial charge is 0.489 e. The van der Waals surface area contributed by atoms with E-state index in [2.05, 4.69) is 26.2 Å². The molecular weight excluding hydrogens is 534 g/mol. The zero-order valence-corrected chi connectivity index (χ0v) is 24.4. The SMILES string of the molecule is CC(=O)c1c(C)c2cnc(Nc3ccc4c(c3)OC[C@@H]3CN(C5CN(C(C)=O)C5)CCN43)nc2n(C2CCCC2)c1=O. The van der Waals surface area contributed by atoms with Crippen molar-refractivity contribution in [3.63, 3.8) is 0 Å². The topological polar surface area (TPSA) is 113 Å². The van der Waals surface area contributed by atoms with Crippen LogP contribution in [0.2, 0.25) is 0 Å². The number of anilines is 3. The summed E-state index contributed by atoms with van der Waals surface area (Å²) in [5.41, 5.74) is 3.06. The number of aryl methyl sites for hydroxylation is 1. The molecule has 11 heteroatoms. The number of amides is 1. The van der Waals surface area contributed by atoms with Gasteiger partial charge < -0.3 is 19.9 Å². The second-order valence-corrected chi connectivity index (χ2v) is 12.1. The van der Waals surface area contributed by atoms with Gasteiger partial charge in [0.25, 0.3) is 5.56 Å². The first-order valence-corrected chi connectivity index (χ1v) is 15.0. The van der Waals surface area contributed by atoms with Crippen molar-refractivity contribution in [3.8, 4) is 5.75 Å². The lowest BCUT2D eigenvalue weighted by Gasteiger charge is -2.51. The van der Waals surface area contributed by atoms with Crippen LogP contribution in [0.15, 0.2) is 29.2 Å². The highest BCUT2D eigenvalue weighted by Gasteiger charge is 2.39. The van der Waals surface area contributed by atoms with Gasteiger partial charge in [-0.1, -0.05) is 12.8 Å². The first kappa shape index (κ1) is 26.9. The number of nitrogens with zero attached hydrogens (tertiary/aromatic N) is 6. The third-order valence-electron chi connectivity index (χ3n) is 9.55. The Kier molecular flexibility index (Phi) is 6.64. The number of piperazine rings is 1. The number of ketones is 1. The highest BCUT2D eigenvalue weighted by atomic mass is 16.5. The van der Waals surface area contributed by atoms with Gasteiger partial charge in [-0.15, -0.1) is 0 Å². The maximum atomic E-state index is 13.5. The summed E-state index contributed by atoms with van der Waals surface area (Å²) < 4.78 is 7.98. The molecular formula is C31H37N7O4. The van der Waals surface area contributed by atoms with Crippen LogP contribution >= 0.6 is 0 Å². The smallest absolute Gasteiger partial charge is 0.263 e. The van der Waals surface area contributed by atoms with E-state index < -0.39 is 0 Å². The van der Waals surface area contributed by atoms with Gasteiger partial charge in [-0.25, -0.2) is 4.98 Å². The van der Waals surface area contributed by atoms with Gasteiger partial charge in [0.05, 0.1) is 17.3 Å². The molecule has 42 heavy (non-hydrogen) atoms. The van der Waals surface area contributed by atoms with Gasteiger partial charge in [0.1, 0.15) is 18.0 Å². The third kappa shape index (κ3) is 4.50. The first-order chi connectivity index (χ1) is 20.3. The minimum atomic E-state index is -0.255. The van der Waals surface area contributed by atoms with E-state index in [0.29, 0.717) is 29.8 Å².